The molecule has 2 N–H and O–H groups in total. The van der Waals surface area contributed by atoms with E-state index in [1.54, 1.807) is 26.0 Å². The molecule has 3 aromatic heterocycles. The van der Waals surface area contributed by atoms with E-state index in [0.717, 1.165) is 11.3 Å². The quantitative estimate of drug-likeness (QED) is 0.318. The molecule has 0 atom stereocenters. The Bertz CT molecular complexity index is 1590. The zero-order valence-electron chi connectivity index (χ0n) is 18.7. The van der Waals surface area contributed by atoms with Gasteiger partial charge in [0, 0.05) is 16.3 Å². The second-order valence-electron chi connectivity index (χ2n) is 7.70. The molecule has 5 rings (SSSR count). The first kappa shape index (κ1) is 22.9. The lowest BCUT2D eigenvalue weighted by molar-refractivity contribution is -0.113. The number of aryl methyl sites for hydroxylation is 2. The third kappa shape index (κ3) is 4.45. The third-order valence-corrected chi connectivity index (χ3v) is 6.51. The van der Waals surface area contributed by atoms with E-state index in [1.165, 1.54) is 11.8 Å². The van der Waals surface area contributed by atoms with Crippen LogP contribution < -0.4 is 10.9 Å². The zero-order valence-corrected chi connectivity index (χ0v) is 20.3. The highest BCUT2D eigenvalue weighted by molar-refractivity contribution is 7.99. The van der Waals surface area contributed by atoms with Crippen molar-refractivity contribution in [1.82, 2.24) is 25.0 Å². The number of thioether (sulfide) groups is 1. The van der Waals surface area contributed by atoms with E-state index in [9.17, 15) is 9.59 Å². The number of H-pyrrole nitrogens is 1. The first-order valence-electron chi connectivity index (χ1n) is 10.6. The number of hydrogen-bond donors (Lipinski definition) is 2. The fourth-order valence-electron chi connectivity index (χ4n) is 3.78. The van der Waals surface area contributed by atoms with Gasteiger partial charge in [0.2, 0.25) is 11.8 Å². The Morgan fingerprint density at radius 2 is 1.83 bits per heavy atom. The fourth-order valence-corrected chi connectivity index (χ4v) is 4.66. The van der Waals surface area contributed by atoms with Crippen LogP contribution >= 0.6 is 23.4 Å². The summed E-state index contributed by atoms with van der Waals surface area (Å²) >= 11 is 7.29. The van der Waals surface area contributed by atoms with Crippen LogP contribution in [0.5, 0.6) is 0 Å². The number of benzene rings is 2. The van der Waals surface area contributed by atoms with Crippen molar-refractivity contribution in [2.45, 2.75) is 19.0 Å². The summed E-state index contributed by atoms with van der Waals surface area (Å²) in [6.07, 6.45) is 0. The van der Waals surface area contributed by atoms with Gasteiger partial charge in [0.15, 0.2) is 11.0 Å². The highest BCUT2D eigenvalue weighted by Crippen LogP contribution is 2.30. The van der Waals surface area contributed by atoms with Gasteiger partial charge >= 0.3 is 0 Å². The van der Waals surface area contributed by atoms with Crippen LogP contribution in [0.2, 0.25) is 5.02 Å². The Balaban J connectivity index is 1.42. The normalized spacial score (nSPS) is 11.2. The van der Waals surface area contributed by atoms with E-state index in [-0.39, 0.29) is 22.9 Å². The molecule has 0 saturated carbocycles. The topological polar surface area (TPSA) is 119 Å². The predicted molar refractivity (Wildman–Crippen MR) is 135 cm³/mol. The molecule has 0 spiro atoms. The van der Waals surface area contributed by atoms with Crippen molar-refractivity contribution in [2.75, 3.05) is 11.1 Å². The minimum Gasteiger partial charge on any atom is -0.444 e. The summed E-state index contributed by atoms with van der Waals surface area (Å²) in [4.78, 5) is 25.1. The average Bonchev–Trinajstić information content (AvgIpc) is 3.43. The monoisotopic (exact) mass is 506 g/mol. The van der Waals surface area contributed by atoms with E-state index in [4.69, 9.17) is 16.0 Å². The molecule has 35 heavy (non-hydrogen) atoms. The number of fused-ring (bicyclic) bond motifs is 1. The van der Waals surface area contributed by atoms with Crippen molar-refractivity contribution >= 4 is 45.9 Å². The number of halogens is 1. The number of carbonyl (C=O) groups is 1. The van der Waals surface area contributed by atoms with Gasteiger partial charge in [0.1, 0.15) is 11.1 Å². The lowest BCUT2D eigenvalue weighted by atomic mass is 10.2. The molecule has 2 aromatic carbocycles. The van der Waals surface area contributed by atoms with Crippen molar-refractivity contribution in [3.05, 3.63) is 81.4 Å². The lowest BCUT2D eigenvalue weighted by Gasteiger charge is -2.10. The molecule has 5 aromatic rings. The largest absolute Gasteiger partial charge is 0.444 e. The number of hydrogen-bond acceptors (Lipinski definition) is 7. The molecule has 0 aliphatic carbocycles. The van der Waals surface area contributed by atoms with Gasteiger partial charge < -0.3 is 4.42 Å². The van der Waals surface area contributed by atoms with Crippen LogP contribution in [0.1, 0.15) is 11.5 Å². The molecule has 0 saturated heterocycles. The van der Waals surface area contributed by atoms with Gasteiger partial charge in [-0.25, -0.2) is 5.10 Å². The molecule has 0 unspecified atom stereocenters. The molecule has 176 valence electrons. The second kappa shape index (κ2) is 9.40. The van der Waals surface area contributed by atoms with Crippen LogP contribution in [0.15, 0.2) is 69.0 Å². The molecular weight excluding hydrogens is 488 g/mol. The van der Waals surface area contributed by atoms with Crippen molar-refractivity contribution in [3.63, 3.8) is 0 Å². The number of carbonyl (C=O) groups excluding carboxylic acids is 1. The van der Waals surface area contributed by atoms with Gasteiger partial charge in [0.05, 0.1) is 16.8 Å². The molecule has 9 nitrogen and oxygen atoms in total. The number of aromatic nitrogens is 5. The van der Waals surface area contributed by atoms with E-state index >= 15 is 0 Å². The summed E-state index contributed by atoms with van der Waals surface area (Å²) in [7, 11) is 0. The minimum atomic E-state index is -0.430. The highest BCUT2D eigenvalue weighted by Gasteiger charge is 2.21. The van der Waals surface area contributed by atoms with Crippen molar-refractivity contribution in [2.24, 2.45) is 0 Å². The molecule has 0 fully saturated rings. The zero-order chi connectivity index (χ0) is 24.5. The second-order valence-corrected chi connectivity index (χ2v) is 9.08. The van der Waals surface area contributed by atoms with E-state index < -0.39 is 5.56 Å². The average molecular weight is 507 g/mol. The number of furan rings is 1. The maximum atomic E-state index is 12.8. The smallest absolute Gasteiger partial charge is 0.277 e. The molecule has 0 radical (unpaired) electrons. The van der Waals surface area contributed by atoms with Crippen LogP contribution in [0, 0.1) is 13.8 Å². The van der Waals surface area contributed by atoms with Crippen LogP contribution in [0.25, 0.3) is 27.8 Å². The standard InChI is InChI=1S/C24H19ClN6O3S/c1-13-19-14(2)34-23(20(19)22(33)29-27-13)26-18(32)12-35-24-30-28-21(15-6-4-3-5-7-15)31(24)17-10-8-16(25)9-11-17/h3-11H,12H2,1-2H3,(H,26,32)(H,29,33). The summed E-state index contributed by atoms with van der Waals surface area (Å²) in [5.74, 6) is 0.904. The Morgan fingerprint density at radius 3 is 2.57 bits per heavy atom. The van der Waals surface area contributed by atoms with Gasteiger partial charge in [-0.2, -0.15) is 5.10 Å². The van der Waals surface area contributed by atoms with Gasteiger partial charge in [-0.3, -0.25) is 19.5 Å². The van der Waals surface area contributed by atoms with Crippen LogP contribution in [-0.2, 0) is 4.79 Å². The summed E-state index contributed by atoms with van der Waals surface area (Å²) in [5, 5.41) is 19.8. The van der Waals surface area contributed by atoms with Crippen molar-refractivity contribution in [3.8, 4) is 17.1 Å². The van der Waals surface area contributed by atoms with Gasteiger partial charge in [-0.1, -0.05) is 53.7 Å². The van der Waals surface area contributed by atoms with E-state index in [2.05, 4.69) is 25.7 Å². The molecule has 0 aliphatic rings. The van der Waals surface area contributed by atoms with Crippen LogP contribution in [0.4, 0.5) is 5.88 Å². The fraction of sp³-hybridized carbons (Fsp3) is 0.125. The predicted octanol–water partition coefficient (Wildman–Crippen LogP) is 4.76. The molecular formula is C24H19ClN6O3S. The lowest BCUT2D eigenvalue weighted by Crippen LogP contribution is -2.17. The number of anilines is 1. The summed E-state index contributed by atoms with van der Waals surface area (Å²) in [6, 6.07) is 16.9. The maximum Gasteiger partial charge on any atom is 0.277 e. The van der Waals surface area contributed by atoms with E-state index in [0.29, 0.717) is 32.8 Å². The Kier molecular flexibility index (Phi) is 6.14. The van der Waals surface area contributed by atoms with E-state index in [1.807, 2.05) is 47.0 Å². The summed E-state index contributed by atoms with van der Waals surface area (Å²) < 4.78 is 7.54. The summed E-state index contributed by atoms with van der Waals surface area (Å²) in [5.41, 5.74) is 1.87. The Morgan fingerprint density at radius 1 is 1.09 bits per heavy atom. The number of amides is 1. The number of rotatable bonds is 6. The molecule has 0 aliphatic heterocycles. The third-order valence-electron chi connectivity index (χ3n) is 5.33. The SMILES string of the molecule is Cc1n[nH]c(=O)c2c(NC(=O)CSc3nnc(-c4ccccc4)n3-c3ccc(Cl)cc3)oc(C)c12. The Labute approximate surface area is 208 Å². The van der Waals surface area contributed by atoms with Crippen LogP contribution in [0.3, 0.4) is 0 Å². The minimum absolute atomic E-state index is 0.0176. The van der Waals surface area contributed by atoms with Gasteiger partial charge in [-0.15, -0.1) is 10.2 Å². The molecule has 3 heterocycles. The number of nitrogens with one attached hydrogen (secondary N) is 2. The van der Waals surface area contributed by atoms with Gasteiger partial charge in [0.25, 0.3) is 5.56 Å². The molecule has 1 amide bonds. The van der Waals surface area contributed by atoms with Crippen molar-refractivity contribution < 1.29 is 9.21 Å². The first-order valence-corrected chi connectivity index (χ1v) is 12.0. The maximum absolute atomic E-state index is 12.8. The van der Waals surface area contributed by atoms with Crippen LogP contribution in [-0.4, -0.2) is 36.6 Å². The number of aromatic amines is 1. The Hall–Kier alpha value is -3.89. The molecule has 11 heteroatoms. The number of nitrogens with zero attached hydrogens (tertiary/aromatic N) is 4. The van der Waals surface area contributed by atoms with Crippen molar-refractivity contribution in [1.29, 1.82) is 0 Å². The van der Waals surface area contributed by atoms with Gasteiger partial charge in [-0.05, 0) is 38.1 Å². The first-order chi connectivity index (χ1) is 16.9. The highest BCUT2D eigenvalue weighted by atomic mass is 35.5. The molecule has 0 bridgehead atoms. The summed E-state index contributed by atoms with van der Waals surface area (Å²) in [6.45, 7) is 3.48.